The smallest absolute Gasteiger partial charge is 0.265 e. The fourth-order valence-corrected chi connectivity index (χ4v) is 3.67. The molecule has 1 saturated heterocycles. The summed E-state index contributed by atoms with van der Waals surface area (Å²) in [6.45, 7) is 0.587. The number of carbonyl (C=O) groups is 2. The fraction of sp³-hybridized carbons (Fsp3) is 0.150. The Morgan fingerprint density at radius 2 is 1.85 bits per heavy atom. The second kappa shape index (κ2) is 8.29. The van der Waals surface area contributed by atoms with Crippen LogP contribution in [0.1, 0.15) is 21.5 Å². The number of thiocarbonyl (C=S) groups is 1. The van der Waals surface area contributed by atoms with Crippen LogP contribution in [-0.2, 0) is 11.2 Å². The van der Waals surface area contributed by atoms with Crippen molar-refractivity contribution in [1.29, 1.82) is 0 Å². The molecule has 1 aliphatic rings. The number of nitrogens with zero attached hydrogens (tertiary/aromatic N) is 1. The number of likely N-dealkylation sites (N-methyl/N-ethyl adjacent to an activating group) is 1. The Labute approximate surface area is 162 Å². The number of rotatable bonds is 5. The Morgan fingerprint density at radius 1 is 1.15 bits per heavy atom. The summed E-state index contributed by atoms with van der Waals surface area (Å²) in [4.78, 5) is 26.3. The molecule has 2 aromatic carbocycles. The average Bonchev–Trinajstić information content (AvgIpc) is 2.90. The van der Waals surface area contributed by atoms with E-state index in [1.165, 1.54) is 22.2 Å². The standard InChI is InChI=1S/C20H18N2O2S2/c1-22-19(24)17(26-20(22)25)13-15-7-9-16(10-8-15)18(23)21-12-11-14-5-3-2-4-6-14/h2-10,13H,11-12H2,1H3,(H,21,23)/b17-13-. The summed E-state index contributed by atoms with van der Waals surface area (Å²) in [5, 5.41) is 2.92. The van der Waals surface area contributed by atoms with Gasteiger partial charge in [-0.05, 0) is 35.8 Å². The van der Waals surface area contributed by atoms with Crippen LogP contribution in [0.15, 0.2) is 59.5 Å². The molecule has 0 atom stereocenters. The van der Waals surface area contributed by atoms with Crippen molar-refractivity contribution in [3.63, 3.8) is 0 Å². The van der Waals surface area contributed by atoms with Gasteiger partial charge in [-0.25, -0.2) is 0 Å². The van der Waals surface area contributed by atoms with Crippen LogP contribution >= 0.6 is 24.0 Å². The molecule has 0 aliphatic carbocycles. The number of thioether (sulfide) groups is 1. The molecule has 0 unspecified atom stereocenters. The van der Waals surface area contributed by atoms with Gasteiger partial charge in [0.15, 0.2) is 0 Å². The van der Waals surface area contributed by atoms with Crippen molar-refractivity contribution in [3.8, 4) is 0 Å². The molecule has 2 aromatic rings. The molecule has 0 bridgehead atoms. The fourth-order valence-electron chi connectivity index (χ4n) is 2.49. The van der Waals surface area contributed by atoms with Gasteiger partial charge in [-0.3, -0.25) is 14.5 Å². The van der Waals surface area contributed by atoms with Gasteiger partial charge in [0.05, 0.1) is 4.91 Å². The zero-order chi connectivity index (χ0) is 18.5. The second-order valence-electron chi connectivity index (χ2n) is 5.85. The molecule has 6 heteroatoms. The highest BCUT2D eigenvalue weighted by atomic mass is 32.2. The molecule has 1 aliphatic heterocycles. The number of nitrogens with one attached hydrogen (secondary N) is 1. The zero-order valence-corrected chi connectivity index (χ0v) is 15.9. The first-order valence-corrected chi connectivity index (χ1v) is 9.41. The van der Waals surface area contributed by atoms with Gasteiger partial charge in [0.25, 0.3) is 11.8 Å². The van der Waals surface area contributed by atoms with E-state index in [0.29, 0.717) is 21.3 Å². The van der Waals surface area contributed by atoms with E-state index in [1.807, 2.05) is 42.5 Å². The van der Waals surface area contributed by atoms with Crippen LogP contribution in [0.4, 0.5) is 0 Å². The summed E-state index contributed by atoms with van der Waals surface area (Å²) in [5.74, 6) is -0.199. The lowest BCUT2D eigenvalue weighted by atomic mass is 10.1. The van der Waals surface area contributed by atoms with Gasteiger partial charge in [0.2, 0.25) is 0 Å². The van der Waals surface area contributed by atoms with Crippen LogP contribution in [0, 0.1) is 0 Å². The Balaban J connectivity index is 1.58. The maximum absolute atomic E-state index is 12.2. The summed E-state index contributed by atoms with van der Waals surface area (Å²) in [7, 11) is 1.67. The largest absolute Gasteiger partial charge is 0.352 e. The second-order valence-corrected chi connectivity index (χ2v) is 7.53. The molecular weight excluding hydrogens is 364 g/mol. The molecule has 2 amide bonds. The van der Waals surface area contributed by atoms with Gasteiger partial charge in [-0.1, -0.05) is 66.4 Å². The molecule has 1 fully saturated rings. The molecule has 0 radical (unpaired) electrons. The first kappa shape index (κ1) is 18.4. The van der Waals surface area contributed by atoms with E-state index in [2.05, 4.69) is 5.32 Å². The van der Waals surface area contributed by atoms with Crippen molar-refractivity contribution >= 4 is 46.2 Å². The maximum Gasteiger partial charge on any atom is 0.265 e. The van der Waals surface area contributed by atoms with Crippen molar-refractivity contribution in [1.82, 2.24) is 10.2 Å². The van der Waals surface area contributed by atoms with Gasteiger partial charge in [-0.2, -0.15) is 0 Å². The molecule has 1 heterocycles. The Kier molecular flexibility index (Phi) is 5.85. The average molecular weight is 383 g/mol. The van der Waals surface area contributed by atoms with Crippen molar-refractivity contribution in [2.45, 2.75) is 6.42 Å². The Hall–Kier alpha value is -2.44. The van der Waals surface area contributed by atoms with Crippen molar-refractivity contribution in [2.75, 3.05) is 13.6 Å². The summed E-state index contributed by atoms with van der Waals surface area (Å²) < 4.78 is 0.552. The monoisotopic (exact) mass is 382 g/mol. The molecule has 4 nitrogen and oxygen atoms in total. The van der Waals surface area contributed by atoms with Crippen LogP contribution in [-0.4, -0.2) is 34.6 Å². The minimum Gasteiger partial charge on any atom is -0.352 e. The first-order valence-electron chi connectivity index (χ1n) is 8.18. The van der Waals surface area contributed by atoms with Gasteiger partial charge in [0.1, 0.15) is 4.32 Å². The summed E-state index contributed by atoms with van der Waals surface area (Å²) in [6, 6.07) is 17.2. The summed E-state index contributed by atoms with van der Waals surface area (Å²) in [6.07, 6.45) is 2.59. The number of carbonyl (C=O) groups excluding carboxylic acids is 2. The van der Waals surface area contributed by atoms with Gasteiger partial charge < -0.3 is 5.32 Å². The van der Waals surface area contributed by atoms with Gasteiger partial charge >= 0.3 is 0 Å². The molecular formula is C20H18N2O2S2. The Bertz CT molecular complexity index is 861. The van der Waals surface area contributed by atoms with E-state index in [9.17, 15) is 9.59 Å². The Morgan fingerprint density at radius 3 is 2.46 bits per heavy atom. The van der Waals surface area contributed by atoms with E-state index >= 15 is 0 Å². The number of hydrogen-bond donors (Lipinski definition) is 1. The third-order valence-corrected chi connectivity index (χ3v) is 5.48. The SMILES string of the molecule is CN1C(=O)/C(=C/c2ccc(C(=O)NCCc3ccccc3)cc2)SC1=S. The number of hydrogen-bond acceptors (Lipinski definition) is 4. The first-order chi connectivity index (χ1) is 12.5. The third-order valence-electron chi connectivity index (χ3n) is 4.00. The maximum atomic E-state index is 12.2. The number of amides is 2. The zero-order valence-electron chi connectivity index (χ0n) is 14.3. The minimum absolute atomic E-state index is 0.0947. The minimum atomic E-state index is -0.104. The van der Waals surface area contributed by atoms with Crippen LogP contribution in [0.5, 0.6) is 0 Å². The molecule has 3 rings (SSSR count). The molecule has 0 spiro atoms. The van der Waals surface area contributed by atoms with Crippen LogP contribution < -0.4 is 5.32 Å². The van der Waals surface area contributed by atoms with E-state index in [1.54, 1.807) is 25.3 Å². The third kappa shape index (κ3) is 4.39. The lowest BCUT2D eigenvalue weighted by Gasteiger charge is -2.06. The van der Waals surface area contributed by atoms with Crippen molar-refractivity contribution < 1.29 is 9.59 Å². The van der Waals surface area contributed by atoms with E-state index < -0.39 is 0 Å². The molecule has 0 saturated carbocycles. The molecule has 1 N–H and O–H groups in total. The number of benzene rings is 2. The molecule has 26 heavy (non-hydrogen) atoms. The normalized spacial score (nSPS) is 15.6. The van der Waals surface area contributed by atoms with Crippen LogP contribution in [0.2, 0.25) is 0 Å². The van der Waals surface area contributed by atoms with Crippen molar-refractivity contribution in [2.24, 2.45) is 0 Å². The lowest BCUT2D eigenvalue weighted by molar-refractivity contribution is -0.121. The molecule has 132 valence electrons. The van der Waals surface area contributed by atoms with E-state index in [-0.39, 0.29) is 11.8 Å². The quantitative estimate of drug-likeness (QED) is 0.635. The van der Waals surface area contributed by atoms with Gasteiger partial charge in [0, 0.05) is 19.2 Å². The molecule has 0 aromatic heterocycles. The van der Waals surface area contributed by atoms with E-state index in [0.717, 1.165) is 12.0 Å². The van der Waals surface area contributed by atoms with Gasteiger partial charge in [-0.15, -0.1) is 0 Å². The highest BCUT2D eigenvalue weighted by Gasteiger charge is 2.28. The summed E-state index contributed by atoms with van der Waals surface area (Å²) >= 11 is 6.40. The van der Waals surface area contributed by atoms with Crippen molar-refractivity contribution in [3.05, 3.63) is 76.2 Å². The predicted octanol–water partition coefficient (Wildman–Crippen LogP) is 3.49. The lowest BCUT2D eigenvalue weighted by Crippen LogP contribution is -2.25. The highest BCUT2D eigenvalue weighted by molar-refractivity contribution is 8.26. The summed E-state index contributed by atoms with van der Waals surface area (Å²) in [5.41, 5.74) is 2.65. The van der Waals surface area contributed by atoms with E-state index in [4.69, 9.17) is 12.2 Å². The predicted molar refractivity (Wildman–Crippen MR) is 110 cm³/mol. The van der Waals surface area contributed by atoms with Crippen LogP contribution in [0.25, 0.3) is 6.08 Å². The highest BCUT2D eigenvalue weighted by Crippen LogP contribution is 2.31. The topological polar surface area (TPSA) is 49.4 Å². The van der Waals surface area contributed by atoms with Crippen LogP contribution in [0.3, 0.4) is 0 Å².